The number of carbonyl (C=O) groups is 2. The summed E-state index contributed by atoms with van der Waals surface area (Å²) in [5.41, 5.74) is 6.40. The Hall–Kier alpha value is -6.78. The Balaban J connectivity index is 0.000000167. The second-order valence-electron chi connectivity index (χ2n) is 13.4. The molecule has 264 valence electrons. The first kappa shape index (κ1) is 35.6. The van der Waals surface area contributed by atoms with Crippen LogP contribution in [0.5, 0.6) is 0 Å². The van der Waals surface area contributed by atoms with Crippen molar-refractivity contribution in [3.8, 4) is 0 Å². The van der Waals surface area contributed by atoms with Crippen molar-refractivity contribution < 1.29 is 19.4 Å². The third-order valence-corrected chi connectivity index (χ3v) is 9.80. The van der Waals surface area contributed by atoms with Gasteiger partial charge >= 0.3 is 5.97 Å². The molecule has 4 nitrogen and oxygen atoms in total. The summed E-state index contributed by atoms with van der Waals surface area (Å²) >= 11 is 0. The number of ether oxygens (including phenoxy) is 1. The summed E-state index contributed by atoms with van der Waals surface area (Å²) in [7, 11) is 0. The van der Waals surface area contributed by atoms with Crippen molar-refractivity contribution in [3.05, 3.63) is 204 Å². The molecule has 54 heavy (non-hydrogen) atoms. The van der Waals surface area contributed by atoms with Crippen LogP contribution in [-0.2, 0) is 27.2 Å². The van der Waals surface area contributed by atoms with E-state index in [-0.39, 0.29) is 0 Å². The summed E-state index contributed by atoms with van der Waals surface area (Å²) in [6.45, 7) is 0.469. The van der Waals surface area contributed by atoms with Gasteiger partial charge in [0.25, 0.3) is 6.47 Å². The van der Waals surface area contributed by atoms with Crippen LogP contribution in [0.25, 0.3) is 54.2 Å². The molecule has 0 aliphatic heterocycles. The van der Waals surface area contributed by atoms with Crippen LogP contribution in [0.4, 0.5) is 0 Å². The first-order valence-corrected chi connectivity index (χ1v) is 18.2. The van der Waals surface area contributed by atoms with Crippen molar-refractivity contribution in [1.82, 2.24) is 0 Å². The highest BCUT2D eigenvalue weighted by molar-refractivity contribution is 5.93. The third-order valence-electron chi connectivity index (χ3n) is 9.80. The van der Waals surface area contributed by atoms with E-state index in [4.69, 9.17) is 4.74 Å². The van der Waals surface area contributed by atoms with Gasteiger partial charge in [-0.15, -0.1) is 0 Å². The summed E-state index contributed by atoms with van der Waals surface area (Å²) < 4.78 is 4.98. The number of carbonyl (C=O) groups excluding carboxylic acids is 1. The molecule has 8 aromatic carbocycles. The average Bonchev–Trinajstić information content (AvgIpc) is 3.22. The van der Waals surface area contributed by atoms with E-state index in [1.54, 1.807) is 6.26 Å². The van der Waals surface area contributed by atoms with E-state index >= 15 is 0 Å². The van der Waals surface area contributed by atoms with Crippen LogP contribution in [0.1, 0.15) is 35.1 Å². The van der Waals surface area contributed by atoms with Gasteiger partial charge in [0, 0.05) is 6.08 Å². The smallest absolute Gasteiger partial charge is 0.328 e. The zero-order chi connectivity index (χ0) is 37.1. The first-order valence-electron chi connectivity index (χ1n) is 18.2. The van der Waals surface area contributed by atoms with E-state index in [1.165, 1.54) is 49.5 Å². The molecule has 8 aromatic rings. The standard InChI is InChI=1S/2C25H20O2/c26-18-27-17-25(24-14-13-21-6-2-4-8-23(21)16-24)12-10-19-9-11-20-5-1-3-7-22(20)15-19;26-25(27)17-24(23-14-13-20-6-2-4-8-22(20)16-23)12-10-18-9-11-19-5-1-3-7-21(19)15-18/h1-9,11,13-18H,10,12H2;1-9,11,13-17H,10,12H2,(H,26,27)/b25-17+;24-17-. The van der Waals surface area contributed by atoms with Gasteiger partial charge in [-0.3, -0.25) is 4.79 Å². The highest BCUT2D eigenvalue weighted by atomic mass is 16.5. The molecule has 0 radical (unpaired) electrons. The number of aryl methyl sites for hydroxylation is 2. The van der Waals surface area contributed by atoms with Gasteiger partial charge in [-0.25, -0.2) is 4.79 Å². The second kappa shape index (κ2) is 17.2. The zero-order valence-corrected chi connectivity index (χ0v) is 29.9. The number of hydrogen-bond acceptors (Lipinski definition) is 3. The lowest BCUT2D eigenvalue weighted by Gasteiger charge is -2.10. The number of benzene rings is 8. The van der Waals surface area contributed by atoms with Crippen LogP contribution < -0.4 is 0 Å². The quantitative estimate of drug-likeness (QED) is 0.0827. The lowest BCUT2D eigenvalue weighted by atomic mass is 9.95. The largest absolute Gasteiger partial charge is 0.478 e. The SMILES string of the molecule is O=C(O)/C=C(/CCc1ccc2ccccc2c1)c1ccc2ccccc2c1.O=CO/C=C(\CCc1ccc2ccccc2c1)c1ccc2ccccc2c1. The molecule has 0 saturated heterocycles. The number of carboxylic acid groups (broad SMARTS) is 1. The molecule has 1 N–H and O–H groups in total. The fraction of sp³-hybridized carbons (Fsp3) is 0.0800. The number of hydrogen-bond donors (Lipinski definition) is 1. The Bertz CT molecular complexity index is 2650. The third kappa shape index (κ3) is 8.98. The minimum Gasteiger partial charge on any atom is -0.478 e. The van der Waals surface area contributed by atoms with E-state index in [2.05, 4.69) is 127 Å². The molecule has 0 amide bonds. The molecule has 0 aliphatic carbocycles. The Morgan fingerprint density at radius 1 is 0.463 bits per heavy atom. The Morgan fingerprint density at radius 2 is 0.833 bits per heavy atom. The molecule has 0 aromatic heterocycles. The van der Waals surface area contributed by atoms with Crippen molar-refractivity contribution >= 4 is 66.7 Å². The summed E-state index contributed by atoms with van der Waals surface area (Å²) in [6.07, 6.45) is 6.07. The van der Waals surface area contributed by atoms with E-state index in [0.717, 1.165) is 52.3 Å². The Kier molecular flexibility index (Phi) is 11.3. The highest BCUT2D eigenvalue weighted by Gasteiger charge is 2.08. The zero-order valence-electron chi connectivity index (χ0n) is 29.9. The van der Waals surface area contributed by atoms with Crippen LogP contribution in [0.15, 0.2) is 182 Å². The van der Waals surface area contributed by atoms with E-state index in [0.29, 0.717) is 12.9 Å². The molecule has 0 aliphatic rings. The molecular formula is C50H40O4. The topological polar surface area (TPSA) is 63.6 Å². The van der Waals surface area contributed by atoms with Gasteiger partial charge in [-0.1, -0.05) is 158 Å². The first-order chi connectivity index (χ1) is 26.5. The molecule has 0 fully saturated rings. The molecule has 0 unspecified atom stereocenters. The van der Waals surface area contributed by atoms with Crippen molar-refractivity contribution in [1.29, 1.82) is 0 Å². The number of rotatable bonds is 11. The Morgan fingerprint density at radius 3 is 1.26 bits per heavy atom. The normalized spacial score (nSPS) is 11.7. The lowest BCUT2D eigenvalue weighted by Crippen LogP contribution is -1.96. The maximum atomic E-state index is 11.4. The lowest BCUT2D eigenvalue weighted by molar-refractivity contribution is -0.131. The van der Waals surface area contributed by atoms with Crippen molar-refractivity contribution in [2.24, 2.45) is 0 Å². The molecule has 0 bridgehead atoms. The molecule has 4 heteroatoms. The molecular weight excluding hydrogens is 665 g/mol. The fourth-order valence-electron chi connectivity index (χ4n) is 6.95. The Labute approximate surface area is 315 Å². The molecule has 8 rings (SSSR count). The second-order valence-corrected chi connectivity index (χ2v) is 13.4. The van der Waals surface area contributed by atoms with Crippen LogP contribution in [0.3, 0.4) is 0 Å². The predicted octanol–water partition coefficient (Wildman–Crippen LogP) is 12.2. The molecule has 0 saturated carbocycles. The van der Waals surface area contributed by atoms with Crippen molar-refractivity contribution in [2.45, 2.75) is 25.7 Å². The average molecular weight is 705 g/mol. The number of carboxylic acids is 1. The van der Waals surface area contributed by atoms with Crippen LogP contribution in [-0.4, -0.2) is 17.5 Å². The molecule has 0 spiro atoms. The summed E-state index contributed by atoms with van der Waals surface area (Å²) in [6, 6.07) is 58.5. The van der Waals surface area contributed by atoms with E-state index in [1.807, 2.05) is 42.5 Å². The van der Waals surface area contributed by atoms with Gasteiger partial charge in [0.15, 0.2) is 0 Å². The minimum absolute atomic E-state index is 0.469. The van der Waals surface area contributed by atoms with Crippen LogP contribution in [0.2, 0.25) is 0 Å². The minimum atomic E-state index is -0.906. The maximum Gasteiger partial charge on any atom is 0.328 e. The maximum absolute atomic E-state index is 11.4. The predicted molar refractivity (Wildman–Crippen MR) is 223 cm³/mol. The fourth-order valence-corrected chi connectivity index (χ4v) is 6.95. The monoisotopic (exact) mass is 704 g/mol. The summed E-state index contributed by atoms with van der Waals surface area (Å²) in [4.78, 5) is 22.1. The summed E-state index contributed by atoms with van der Waals surface area (Å²) in [5, 5.41) is 18.9. The van der Waals surface area contributed by atoms with Gasteiger partial charge < -0.3 is 9.84 Å². The van der Waals surface area contributed by atoms with Crippen molar-refractivity contribution in [3.63, 3.8) is 0 Å². The van der Waals surface area contributed by atoms with Crippen molar-refractivity contribution in [2.75, 3.05) is 0 Å². The van der Waals surface area contributed by atoms with Gasteiger partial charge in [-0.2, -0.15) is 0 Å². The van der Waals surface area contributed by atoms with Gasteiger partial charge in [0.2, 0.25) is 0 Å². The number of fused-ring (bicyclic) bond motifs is 4. The van der Waals surface area contributed by atoms with E-state index in [9.17, 15) is 14.7 Å². The van der Waals surface area contributed by atoms with E-state index < -0.39 is 5.97 Å². The van der Waals surface area contributed by atoms with Crippen LogP contribution in [0, 0.1) is 0 Å². The van der Waals surface area contributed by atoms with Gasteiger partial charge in [-0.05, 0) is 114 Å². The highest BCUT2D eigenvalue weighted by Crippen LogP contribution is 2.28. The van der Waals surface area contributed by atoms with Gasteiger partial charge in [0.05, 0.1) is 6.26 Å². The number of allylic oxidation sites excluding steroid dienone is 2. The molecule has 0 heterocycles. The number of aliphatic carboxylic acids is 1. The summed E-state index contributed by atoms with van der Waals surface area (Å²) in [5.74, 6) is -0.906. The van der Waals surface area contributed by atoms with Gasteiger partial charge in [0.1, 0.15) is 0 Å². The van der Waals surface area contributed by atoms with Crippen LogP contribution >= 0.6 is 0 Å². The molecule has 0 atom stereocenters.